The van der Waals surface area contributed by atoms with Crippen molar-refractivity contribution in [1.29, 1.82) is 0 Å². The second kappa shape index (κ2) is 7.84. The molecule has 0 saturated heterocycles. The predicted molar refractivity (Wildman–Crippen MR) is 86.7 cm³/mol. The van der Waals surface area contributed by atoms with Crippen molar-refractivity contribution in [2.45, 2.75) is 38.9 Å². The zero-order valence-corrected chi connectivity index (χ0v) is 13.1. The maximum absolute atomic E-state index is 5.98. The van der Waals surface area contributed by atoms with Crippen molar-refractivity contribution in [2.75, 3.05) is 7.11 Å². The molecule has 0 fully saturated rings. The molecule has 0 aliphatic carbocycles. The van der Waals surface area contributed by atoms with E-state index in [9.17, 15) is 0 Å². The fourth-order valence-electron chi connectivity index (χ4n) is 2.26. The molecular weight excluding hydrogens is 260 g/mol. The highest BCUT2D eigenvalue weighted by Crippen LogP contribution is 2.24. The summed E-state index contributed by atoms with van der Waals surface area (Å²) in [6, 6.07) is 18.6. The quantitative estimate of drug-likeness (QED) is 0.680. The summed E-state index contributed by atoms with van der Waals surface area (Å²) in [6.07, 6.45) is 1.60. The zero-order valence-electron chi connectivity index (χ0n) is 13.1. The van der Waals surface area contributed by atoms with Crippen molar-refractivity contribution in [1.82, 2.24) is 0 Å². The fraction of sp³-hybridized carbons (Fsp3) is 0.368. The molecule has 2 nitrogen and oxygen atoms in total. The minimum absolute atomic E-state index is 0.264. The standard InChI is InChI=1S/C19H24O2/c1-4-15(2)17-11-8-12-18(14-17)21-19(20-3)13-16-9-6-5-7-10-16/h5-12,14-15,19H,4,13H2,1-3H3. The summed E-state index contributed by atoms with van der Waals surface area (Å²) in [5, 5.41) is 0. The lowest BCUT2D eigenvalue weighted by molar-refractivity contribution is -0.0520. The van der Waals surface area contributed by atoms with Gasteiger partial charge in [0.25, 0.3) is 0 Å². The van der Waals surface area contributed by atoms with Crippen molar-refractivity contribution in [3.63, 3.8) is 0 Å². The van der Waals surface area contributed by atoms with Gasteiger partial charge in [-0.05, 0) is 35.6 Å². The van der Waals surface area contributed by atoms with E-state index >= 15 is 0 Å². The highest BCUT2D eigenvalue weighted by Gasteiger charge is 2.11. The Morgan fingerprint density at radius 3 is 2.43 bits per heavy atom. The Labute approximate surface area is 127 Å². The van der Waals surface area contributed by atoms with Crippen LogP contribution in [0.15, 0.2) is 54.6 Å². The molecule has 112 valence electrons. The van der Waals surface area contributed by atoms with Gasteiger partial charge in [-0.3, -0.25) is 0 Å². The molecule has 2 heteroatoms. The number of ether oxygens (including phenoxy) is 2. The molecule has 0 saturated carbocycles. The number of hydrogen-bond acceptors (Lipinski definition) is 2. The fourth-order valence-corrected chi connectivity index (χ4v) is 2.26. The first-order valence-corrected chi connectivity index (χ1v) is 7.56. The second-order valence-electron chi connectivity index (χ2n) is 5.35. The molecule has 0 spiro atoms. The lowest BCUT2D eigenvalue weighted by Gasteiger charge is -2.19. The Kier molecular flexibility index (Phi) is 5.82. The lowest BCUT2D eigenvalue weighted by atomic mass is 9.99. The molecule has 0 heterocycles. The average molecular weight is 284 g/mol. The van der Waals surface area contributed by atoms with E-state index in [-0.39, 0.29) is 6.29 Å². The summed E-state index contributed by atoms with van der Waals surface area (Å²) in [5.41, 5.74) is 2.52. The molecule has 0 aliphatic heterocycles. The third-order valence-electron chi connectivity index (χ3n) is 3.82. The Balaban J connectivity index is 2.04. The zero-order chi connectivity index (χ0) is 15.1. The normalized spacial score (nSPS) is 13.7. The maximum Gasteiger partial charge on any atom is 0.203 e. The molecule has 0 amide bonds. The largest absolute Gasteiger partial charge is 0.465 e. The highest BCUT2D eigenvalue weighted by molar-refractivity contribution is 5.30. The van der Waals surface area contributed by atoms with E-state index in [1.165, 1.54) is 11.1 Å². The number of rotatable bonds is 7. The summed E-state index contributed by atoms with van der Waals surface area (Å²) in [5.74, 6) is 1.42. The van der Waals surface area contributed by atoms with Gasteiger partial charge in [-0.25, -0.2) is 0 Å². The van der Waals surface area contributed by atoms with Gasteiger partial charge in [0.15, 0.2) is 0 Å². The van der Waals surface area contributed by atoms with E-state index in [1.807, 2.05) is 30.3 Å². The van der Waals surface area contributed by atoms with Crippen molar-refractivity contribution in [3.05, 3.63) is 65.7 Å². The number of methoxy groups -OCH3 is 1. The van der Waals surface area contributed by atoms with Crippen molar-refractivity contribution in [2.24, 2.45) is 0 Å². The van der Waals surface area contributed by atoms with Gasteiger partial charge in [0.2, 0.25) is 6.29 Å². The van der Waals surface area contributed by atoms with Crippen molar-refractivity contribution < 1.29 is 9.47 Å². The Hall–Kier alpha value is -1.80. The molecule has 0 radical (unpaired) electrons. The van der Waals surface area contributed by atoms with Crippen LogP contribution in [-0.2, 0) is 11.2 Å². The van der Waals surface area contributed by atoms with Crippen LogP contribution in [-0.4, -0.2) is 13.4 Å². The van der Waals surface area contributed by atoms with Crippen LogP contribution in [0.25, 0.3) is 0 Å². The summed E-state index contributed by atoms with van der Waals surface area (Å²) in [6.45, 7) is 4.43. The molecule has 0 aromatic heterocycles. The first-order valence-electron chi connectivity index (χ1n) is 7.56. The smallest absolute Gasteiger partial charge is 0.203 e. The van der Waals surface area contributed by atoms with Gasteiger partial charge < -0.3 is 9.47 Å². The van der Waals surface area contributed by atoms with Gasteiger partial charge in [0.05, 0.1) is 0 Å². The molecule has 2 atom stereocenters. The van der Waals surface area contributed by atoms with E-state index in [1.54, 1.807) is 7.11 Å². The van der Waals surface area contributed by atoms with E-state index in [0.29, 0.717) is 5.92 Å². The van der Waals surface area contributed by atoms with Crippen LogP contribution in [0, 0.1) is 0 Å². The molecule has 0 N–H and O–H groups in total. The molecular formula is C19H24O2. The molecule has 2 rings (SSSR count). The van der Waals surface area contributed by atoms with Crippen LogP contribution >= 0.6 is 0 Å². The van der Waals surface area contributed by atoms with Gasteiger partial charge in [0.1, 0.15) is 5.75 Å². The summed E-state index contributed by atoms with van der Waals surface area (Å²) in [4.78, 5) is 0. The minimum Gasteiger partial charge on any atom is -0.465 e. The topological polar surface area (TPSA) is 18.5 Å². The maximum atomic E-state index is 5.98. The van der Waals surface area contributed by atoms with Crippen molar-refractivity contribution >= 4 is 0 Å². The van der Waals surface area contributed by atoms with E-state index in [4.69, 9.17) is 9.47 Å². The number of benzene rings is 2. The summed E-state index contributed by atoms with van der Waals surface area (Å²) in [7, 11) is 1.69. The first-order chi connectivity index (χ1) is 10.2. The lowest BCUT2D eigenvalue weighted by Crippen LogP contribution is -2.21. The Morgan fingerprint density at radius 2 is 1.76 bits per heavy atom. The number of hydrogen-bond donors (Lipinski definition) is 0. The molecule has 0 bridgehead atoms. The second-order valence-corrected chi connectivity index (χ2v) is 5.35. The Bertz CT molecular complexity index is 536. The third kappa shape index (κ3) is 4.61. The summed E-state index contributed by atoms with van der Waals surface area (Å²) >= 11 is 0. The van der Waals surface area contributed by atoms with Gasteiger partial charge in [-0.1, -0.05) is 56.3 Å². The van der Waals surface area contributed by atoms with Crippen LogP contribution in [0.4, 0.5) is 0 Å². The first kappa shape index (κ1) is 15.6. The van der Waals surface area contributed by atoms with Crippen molar-refractivity contribution in [3.8, 4) is 5.75 Å². The molecule has 2 aromatic rings. The molecule has 2 aromatic carbocycles. The SMILES string of the molecule is CCC(C)c1cccc(OC(Cc2ccccc2)OC)c1. The van der Waals surface area contributed by atoms with Crippen LogP contribution < -0.4 is 4.74 Å². The van der Waals surface area contributed by atoms with Crippen LogP contribution in [0.2, 0.25) is 0 Å². The predicted octanol–water partition coefficient (Wildman–Crippen LogP) is 4.79. The van der Waals surface area contributed by atoms with E-state index in [2.05, 4.69) is 38.1 Å². The molecule has 21 heavy (non-hydrogen) atoms. The monoisotopic (exact) mass is 284 g/mol. The van der Waals surface area contributed by atoms with Crippen LogP contribution in [0.5, 0.6) is 5.75 Å². The van der Waals surface area contributed by atoms with Gasteiger partial charge in [-0.2, -0.15) is 0 Å². The van der Waals surface area contributed by atoms with Gasteiger partial charge >= 0.3 is 0 Å². The van der Waals surface area contributed by atoms with Gasteiger partial charge in [-0.15, -0.1) is 0 Å². The molecule has 2 unspecified atom stereocenters. The van der Waals surface area contributed by atoms with E-state index < -0.39 is 0 Å². The average Bonchev–Trinajstić information content (AvgIpc) is 2.54. The highest BCUT2D eigenvalue weighted by atomic mass is 16.7. The van der Waals surface area contributed by atoms with Crippen LogP contribution in [0.3, 0.4) is 0 Å². The van der Waals surface area contributed by atoms with E-state index in [0.717, 1.165) is 18.6 Å². The minimum atomic E-state index is -0.264. The third-order valence-corrected chi connectivity index (χ3v) is 3.82. The van der Waals surface area contributed by atoms with Gasteiger partial charge in [0, 0.05) is 13.5 Å². The van der Waals surface area contributed by atoms with Crippen LogP contribution in [0.1, 0.15) is 37.3 Å². The summed E-state index contributed by atoms with van der Waals surface area (Å²) < 4.78 is 11.4. The Morgan fingerprint density at radius 1 is 1.00 bits per heavy atom. The molecule has 0 aliphatic rings.